The predicted molar refractivity (Wildman–Crippen MR) is 66.6 cm³/mol. The van der Waals surface area contributed by atoms with Crippen LogP contribution in [0.4, 0.5) is 22.0 Å². The number of aromatic nitrogens is 1. The van der Waals surface area contributed by atoms with Crippen LogP contribution in [0, 0.1) is 29.3 Å². The van der Waals surface area contributed by atoms with Crippen molar-refractivity contribution in [2.45, 2.75) is 10.6 Å². The van der Waals surface area contributed by atoms with E-state index in [0.29, 0.717) is 23.1 Å². The lowest BCUT2D eigenvalue weighted by Crippen LogP contribution is -2.02. The van der Waals surface area contributed by atoms with Gasteiger partial charge < -0.3 is 4.74 Å². The summed E-state index contributed by atoms with van der Waals surface area (Å²) in [6, 6.07) is 3.60. The monoisotopic (exact) mass is 321 g/mol. The van der Waals surface area contributed by atoms with Gasteiger partial charge in [0, 0.05) is 11.3 Å². The third-order valence-corrected chi connectivity index (χ3v) is 3.67. The summed E-state index contributed by atoms with van der Waals surface area (Å²) in [4.78, 5) is 1.60. The molecule has 1 aromatic carbocycles. The van der Waals surface area contributed by atoms with Crippen molar-refractivity contribution < 1.29 is 26.7 Å². The van der Waals surface area contributed by atoms with Gasteiger partial charge in [0.2, 0.25) is 0 Å². The molecule has 0 bridgehead atoms. The Balaban J connectivity index is 2.31. The summed E-state index contributed by atoms with van der Waals surface area (Å²) in [6.45, 7) is 0. The molecule has 0 saturated heterocycles. The van der Waals surface area contributed by atoms with Gasteiger partial charge in [-0.15, -0.1) is 11.8 Å². The molecule has 21 heavy (non-hydrogen) atoms. The van der Waals surface area contributed by atoms with Crippen molar-refractivity contribution in [3.63, 3.8) is 0 Å². The summed E-state index contributed by atoms with van der Waals surface area (Å²) in [6.07, 6.45) is 0. The van der Waals surface area contributed by atoms with Gasteiger partial charge in [0.1, 0.15) is 11.6 Å². The summed E-state index contributed by atoms with van der Waals surface area (Å²) in [7, 11) is 1.34. The molecule has 1 heterocycles. The second-order valence-corrected chi connectivity index (χ2v) is 4.88. The van der Waals surface area contributed by atoms with Crippen molar-refractivity contribution in [2.75, 3.05) is 7.11 Å². The highest BCUT2D eigenvalue weighted by Gasteiger charge is 2.21. The number of rotatable bonds is 4. The molecular formula is C13H8F5NOS. The van der Waals surface area contributed by atoms with Gasteiger partial charge in [0.25, 0.3) is 11.9 Å². The number of halogens is 5. The van der Waals surface area contributed by atoms with Crippen LogP contribution in [0.2, 0.25) is 0 Å². The summed E-state index contributed by atoms with van der Waals surface area (Å²) in [5.41, 5.74) is 0.291. The number of ether oxygens (including phenoxy) is 1. The number of thioether (sulfide) groups is 1. The Morgan fingerprint density at radius 3 is 2.24 bits per heavy atom. The fourth-order valence-corrected chi connectivity index (χ4v) is 2.55. The van der Waals surface area contributed by atoms with E-state index >= 15 is 0 Å². The molecule has 0 N–H and O–H groups in total. The molecule has 2 nitrogen and oxygen atoms in total. The van der Waals surface area contributed by atoms with Crippen molar-refractivity contribution in [3.8, 4) is 5.75 Å². The highest BCUT2D eigenvalue weighted by molar-refractivity contribution is 7.98. The highest BCUT2D eigenvalue weighted by atomic mass is 32.2. The van der Waals surface area contributed by atoms with Gasteiger partial charge in [-0.25, -0.2) is 13.2 Å². The Kier molecular flexibility index (Phi) is 4.66. The van der Waals surface area contributed by atoms with Crippen LogP contribution >= 0.6 is 11.8 Å². The van der Waals surface area contributed by atoms with Crippen LogP contribution in [0.1, 0.15) is 5.56 Å². The maximum atomic E-state index is 13.4. The second kappa shape index (κ2) is 6.30. The zero-order valence-electron chi connectivity index (χ0n) is 10.6. The summed E-state index contributed by atoms with van der Waals surface area (Å²) >= 11 is 0.477. The standard InChI is InChI=1S/C13H8F5NOS/c1-20-8-3-2-7(14)4-6(8)5-21-11-9(15)12(17)19-13(18)10(11)16/h2-4H,5H2,1H3. The molecule has 0 aliphatic heterocycles. The SMILES string of the molecule is COc1ccc(F)cc1CSc1c(F)c(F)nc(F)c1F. The van der Waals surface area contributed by atoms with E-state index in [9.17, 15) is 22.0 Å². The Labute approximate surface area is 121 Å². The Morgan fingerprint density at radius 1 is 1.05 bits per heavy atom. The maximum absolute atomic E-state index is 13.4. The van der Waals surface area contributed by atoms with Gasteiger partial charge >= 0.3 is 0 Å². The van der Waals surface area contributed by atoms with E-state index in [-0.39, 0.29) is 5.75 Å². The topological polar surface area (TPSA) is 22.1 Å². The molecule has 0 aliphatic carbocycles. The molecule has 1 aromatic heterocycles. The first kappa shape index (κ1) is 15.6. The summed E-state index contributed by atoms with van der Waals surface area (Å²) in [5, 5.41) is 0. The lowest BCUT2D eigenvalue weighted by molar-refractivity contribution is 0.383. The first-order chi connectivity index (χ1) is 9.93. The smallest absolute Gasteiger partial charge is 0.252 e. The zero-order chi connectivity index (χ0) is 15.6. The summed E-state index contributed by atoms with van der Waals surface area (Å²) in [5.74, 6) is -7.06. The minimum absolute atomic E-state index is 0.141. The Bertz CT molecular complexity index is 654. The summed E-state index contributed by atoms with van der Waals surface area (Å²) < 4.78 is 70.9. The largest absolute Gasteiger partial charge is 0.496 e. The van der Waals surface area contributed by atoms with Gasteiger partial charge in [-0.3, -0.25) is 0 Å². The quantitative estimate of drug-likeness (QED) is 0.481. The first-order valence-corrected chi connectivity index (χ1v) is 6.57. The number of nitrogens with zero attached hydrogens (tertiary/aromatic N) is 1. The lowest BCUT2D eigenvalue weighted by atomic mass is 10.2. The van der Waals surface area contributed by atoms with Crippen molar-refractivity contribution in [2.24, 2.45) is 0 Å². The molecular weight excluding hydrogens is 313 g/mol. The van der Waals surface area contributed by atoms with Crippen molar-refractivity contribution in [1.29, 1.82) is 0 Å². The van der Waals surface area contributed by atoms with E-state index in [4.69, 9.17) is 4.74 Å². The maximum Gasteiger partial charge on any atom is 0.252 e. The number of benzene rings is 1. The lowest BCUT2D eigenvalue weighted by Gasteiger charge is -2.09. The molecule has 0 spiro atoms. The average molecular weight is 321 g/mol. The van der Waals surface area contributed by atoms with Crippen LogP contribution in [0.5, 0.6) is 5.75 Å². The molecule has 0 fully saturated rings. The van der Waals surface area contributed by atoms with Crippen molar-refractivity contribution in [3.05, 3.63) is 53.1 Å². The van der Waals surface area contributed by atoms with Gasteiger partial charge in [-0.2, -0.15) is 13.8 Å². The van der Waals surface area contributed by atoms with E-state index in [2.05, 4.69) is 4.98 Å². The Morgan fingerprint density at radius 2 is 1.67 bits per heavy atom. The minimum atomic E-state index is -1.73. The fourth-order valence-electron chi connectivity index (χ4n) is 1.60. The second-order valence-electron chi connectivity index (χ2n) is 3.90. The van der Waals surface area contributed by atoms with Gasteiger partial charge in [0.05, 0.1) is 12.0 Å². The van der Waals surface area contributed by atoms with Gasteiger partial charge in [0.15, 0.2) is 11.6 Å². The third kappa shape index (κ3) is 3.26. The van der Waals surface area contributed by atoms with E-state index in [1.54, 1.807) is 0 Å². The van der Waals surface area contributed by atoms with Crippen LogP contribution < -0.4 is 4.74 Å². The normalized spacial score (nSPS) is 10.8. The minimum Gasteiger partial charge on any atom is -0.496 e. The van der Waals surface area contributed by atoms with E-state index in [0.717, 1.165) is 12.1 Å². The molecule has 0 radical (unpaired) electrons. The third-order valence-electron chi connectivity index (χ3n) is 2.57. The first-order valence-electron chi connectivity index (χ1n) is 5.59. The number of hydrogen-bond donors (Lipinski definition) is 0. The molecule has 0 atom stereocenters. The molecule has 0 aliphatic rings. The number of pyridine rings is 1. The molecule has 0 unspecified atom stereocenters. The average Bonchev–Trinajstić information content (AvgIpc) is 2.45. The molecule has 112 valence electrons. The molecule has 0 amide bonds. The van der Waals surface area contributed by atoms with Gasteiger partial charge in [-0.05, 0) is 18.2 Å². The highest BCUT2D eigenvalue weighted by Crippen LogP contribution is 2.32. The molecule has 0 saturated carbocycles. The van der Waals surface area contributed by atoms with Crippen LogP contribution in [0.3, 0.4) is 0 Å². The van der Waals surface area contributed by atoms with Crippen LogP contribution in [-0.4, -0.2) is 12.1 Å². The van der Waals surface area contributed by atoms with Crippen molar-refractivity contribution in [1.82, 2.24) is 4.98 Å². The Hall–Kier alpha value is -1.83. The van der Waals surface area contributed by atoms with E-state index < -0.39 is 34.2 Å². The van der Waals surface area contributed by atoms with Crippen LogP contribution in [-0.2, 0) is 5.75 Å². The van der Waals surface area contributed by atoms with Crippen LogP contribution in [0.15, 0.2) is 23.1 Å². The van der Waals surface area contributed by atoms with E-state index in [1.807, 2.05) is 0 Å². The number of hydrogen-bond acceptors (Lipinski definition) is 3. The fraction of sp³-hybridized carbons (Fsp3) is 0.154. The number of methoxy groups -OCH3 is 1. The van der Waals surface area contributed by atoms with Crippen molar-refractivity contribution >= 4 is 11.8 Å². The molecule has 2 aromatic rings. The van der Waals surface area contributed by atoms with Gasteiger partial charge in [-0.1, -0.05) is 0 Å². The molecule has 8 heteroatoms. The zero-order valence-corrected chi connectivity index (χ0v) is 11.4. The van der Waals surface area contributed by atoms with E-state index in [1.165, 1.54) is 13.2 Å². The molecule has 2 rings (SSSR count). The predicted octanol–water partition coefficient (Wildman–Crippen LogP) is 4.08. The van der Waals surface area contributed by atoms with Crippen LogP contribution in [0.25, 0.3) is 0 Å².